The van der Waals surface area contributed by atoms with Crippen LogP contribution in [0.2, 0.25) is 0 Å². The van der Waals surface area contributed by atoms with Crippen molar-refractivity contribution in [3.05, 3.63) is 24.4 Å². The fourth-order valence-electron chi connectivity index (χ4n) is 2.97. The first kappa shape index (κ1) is 14.8. The minimum absolute atomic E-state index is 0.853. The highest BCUT2D eigenvalue weighted by atomic mass is 32.2. The lowest BCUT2D eigenvalue weighted by Crippen LogP contribution is -2.45. The SMILES string of the molecule is CSc1cc(N)cc2c1ccn2CCN1CCN(C)CC1. The first-order chi connectivity index (χ1) is 10.2. The zero-order valence-corrected chi connectivity index (χ0v) is 13.7. The number of benzene rings is 1. The molecule has 1 aliphatic rings. The average Bonchev–Trinajstić information content (AvgIpc) is 2.89. The highest BCUT2D eigenvalue weighted by Crippen LogP contribution is 2.30. The number of rotatable bonds is 4. The van der Waals surface area contributed by atoms with Crippen molar-refractivity contribution in [2.24, 2.45) is 0 Å². The minimum atomic E-state index is 0.853. The summed E-state index contributed by atoms with van der Waals surface area (Å²) in [5.41, 5.74) is 8.15. The standard InChI is InChI=1S/C16H24N4S/c1-18-5-7-19(8-6-18)9-10-20-4-3-14-15(20)11-13(17)12-16(14)21-2/h3-4,11-12H,5-10,17H2,1-2H3. The van der Waals surface area contributed by atoms with Crippen LogP contribution in [-0.4, -0.2) is 60.4 Å². The summed E-state index contributed by atoms with van der Waals surface area (Å²) in [6, 6.07) is 6.38. The van der Waals surface area contributed by atoms with E-state index in [4.69, 9.17) is 5.73 Å². The van der Waals surface area contributed by atoms with Crippen LogP contribution in [0.4, 0.5) is 5.69 Å². The molecule has 2 aromatic rings. The van der Waals surface area contributed by atoms with Gasteiger partial charge in [-0.15, -0.1) is 11.8 Å². The quantitative estimate of drug-likeness (QED) is 0.694. The number of thioether (sulfide) groups is 1. The third kappa shape index (κ3) is 3.20. The Morgan fingerprint density at radius 1 is 1.14 bits per heavy atom. The number of hydrogen-bond acceptors (Lipinski definition) is 4. The van der Waals surface area contributed by atoms with Crippen LogP contribution in [0.25, 0.3) is 10.9 Å². The van der Waals surface area contributed by atoms with Crippen molar-refractivity contribution < 1.29 is 0 Å². The molecule has 0 saturated carbocycles. The number of nitrogens with two attached hydrogens (primary N) is 1. The first-order valence-electron chi connectivity index (χ1n) is 7.50. The van der Waals surface area contributed by atoms with Crippen molar-refractivity contribution >= 4 is 28.4 Å². The van der Waals surface area contributed by atoms with Gasteiger partial charge in [-0.05, 0) is 31.5 Å². The smallest absolute Gasteiger partial charge is 0.0512 e. The van der Waals surface area contributed by atoms with Crippen LogP contribution in [0, 0.1) is 0 Å². The third-order valence-corrected chi connectivity index (χ3v) is 5.12. The monoisotopic (exact) mass is 304 g/mol. The van der Waals surface area contributed by atoms with Crippen LogP contribution in [0.1, 0.15) is 0 Å². The maximum Gasteiger partial charge on any atom is 0.0512 e. The maximum atomic E-state index is 6.04. The van der Waals surface area contributed by atoms with E-state index in [-0.39, 0.29) is 0 Å². The van der Waals surface area contributed by atoms with Crippen LogP contribution in [0.15, 0.2) is 29.3 Å². The number of likely N-dealkylation sites (N-methyl/N-ethyl adjacent to an activating group) is 1. The van der Waals surface area contributed by atoms with E-state index in [1.165, 1.54) is 42.0 Å². The number of fused-ring (bicyclic) bond motifs is 1. The fraction of sp³-hybridized carbons (Fsp3) is 0.500. The van der Waals surface area contributed by atoms with E-state index < -0.39 is 0 Å². The summed E-state index contributed by atoms with van der Waals surface area (Å²) in [6.45, 7) is 6.85. The van der Waals surface area contributed by atoms with Gasteiger partial charge >= 0.3 is 0 Å². The largest absolute Gasteiger partial charge is 0.399 e. The normalized spacial score (nSPS) is 17.6. The number of nitrogen functional groups attached to an aromatic ring is 1. The third-order valence-electron chi connectivity index (χ3n) is 4.35. The average molecular weight is 304 g/mol. The maximum absolute atomic E-state index is 6.04. The Balaban J connectivity index is 1.74. The molecule has 1 fully saturated rings. The molecule has 1 aliphatic heterocycles. The topological polar surface area (TPSA) is 37.4 Å². The van der Waals surface area contributed by atoms with Crippen molar-refractivity contribution in [3.8, 4) is 0 Å². The van der Waals surface area contributed by atoms with Crippen LogP contribution in [0.5, 0.6) is 0 Å². The summed E-state index contributed by atoms with van der Waals surface area (Å²) in [4.78, 5) is 6.21. The van der Waals surface area contributed by atoms with E-state index in [0.717, 1.165) is 18.8 Å². The number of hydrogen-bond donors (Lipinski definition) is 1. The molecule has 1 aromatic carbocycles. The Kier molecular flexibility index (Phi) is 4.42. The summed E-state index contributed by atoms with van der Waals surface area (Å²) >= 11 is 1.76. The van der Waals surface area contributed by atoms with Gasteiger partial charge in [0, 0.05) is 61.4 Å². The summed E-state index contributed by atoms with van der Waals surface area (Å²) in [5.74, 6) is 0. The molecule has 4 nitrogen and oxygen atoms in total. The summed E-state index contributed by atoms with van der Waals surface area (Å²) in [5, 5.41) is 1.31. The Labute approximate surface area is 130 Å². The molecule has 114 valence electrons. The zero-order chi connectivity index (χ0) is 14.8. The molecule has 0 radical (unpaired) electrons. The van der Waals surface area contributed by atoms with Crippen LogP contribution < -0.4 is 5.73 Å². The molecular weight excluding hydrogens is 280 g/mol. The Bertz CT molecular complexity index is 614. The van der Waals surface area contributed by atoms with E-state index in [1.807, 2.05) is 0 Å². The van der Waals surface area contributed by atoms with E-state index in [1.54, 1.807) is 11.8 Å². The van der Waals surface area contributed by atoms with Crippen LogP contribution in [0.3, 0.4) is 0 Å². The lowest BCUT2D eigenvalue weighted by molar-refractivity contribution is 0.150. The molecule has 2 N–H and O–H groups in total. The van der Waals surface area contributed by atoms with Crippen molar-refractivity contribution in [1.29, 1.82) is 0 Å². The predicted molar refractivity (Wildman–Crippen MR) is 92.1 cm³/mol. The lowest BCUT2D eigenvalue weighted by atomic mass is 10.2. The van der Waals surface area contributed by atoms with Gasteiger partial charge < -0.3 is 15.2 Å². The molecule has 0 amide bonds. The van der Waals surface area contributed by atoms with Gasteiger partial charge in [-0.1, -0.05) is 0 Å². The highest BCUT2D eigenvalue weighted by Gasteiger charge is 2.14. The van der Waals surface area contributed by atoms with Gasteiger partial charge in [0.05, 0.1) is 5.52 Å². The van der Waals surface area contributed by atoms with Crippen LogP contribution in [-0.2, 0) is 6.54 Å². The van der Waals surface area contributed by atoms with Gasteiger partial charge in [-0.3, -0.25) is 4.90 Å². The molecule has 0 bridgehead atoms. The second-order valence-corrected chi connectivity index (χ2v) is 6.66. The van der Waals surface area contributed by atoms with Crippen LogP contribution >= 0.6 is 11.8 Å². The number of anilines is 1. The molecule has 0 unspecified atom stereocenters. The Hall–Kier alpha value is -1.17. The second kappa shape index (κ2) is 6.30. The highest BCUT2D eigenvalue weighted by molar-refractivity contribution is 7.98. The van der Waals surface area contributed by atoms with E-state index in [2.05, 4.69) is 52.1 Å². The lowest BCUT2D eigenvalue weighted by Gasteiger charge is -2.32. The van der Waals surface area contributed by atoms with E-state index >= 15 is 0 Å². The minimum Gasteiger partial charge on any atom is -0.399 e. The second-order valence-electron chi connectivity index (χ2n) is 5.81. The van der Waals surface area contributed by atoms with Gasteiger partial charge in [-0.2, -0.15) is 0 Å². The molecule has 2 heterocycles. The summed E-state index contributed by atoms with van der Waals surface area (Å²) < 4.78 is 2.34. The fourth-order valence-corrected chi connectivity index (χ4v) is 3.61. The Morgan fingerprint density at radius 3 is 2.62 bits per heavy atom. The van der Waals surface area contributed by atoms with Gasteiger partial charge in [0.1, 0.15) is 0 Å². The van der Waals surface area contributed by atoms with Gasteiger partial charge in [0.2, 0.25) is 0 Å². The first-order valence-corrected chi connectivity index (χ1v) is 8.73. The molecule has 0 aliphatic carbocycles. The van der Waals surface area contributed by atoms with E-state index in [9.17, 15) is 0 Å². The number of nitrogens with zero attached hydrogens (tertiary/aromatic N) is 3. The van der Waals surface area contributed by atoms with E-state index in [0.29, 0.717) is 0 Å². The zero-order valence-electron chi connectivity index (χ0n) is 12.9. The Morgan fingerprint density at radius 2 is 1.90 bits per heavy atom. The summed E-state index contributed by atoms with van der Waals surface area (Å²) in [6.07, 6.45) is 4.30. The molecule has 21 heavy (non-hydrogen) atoms. The van der Waals surface area contributed by atoms with Crippen molar-refractivity contribution in [2.75, 3.05) is 51.8 Å². The molecular formula is C16H24N4S. The molecule has 5 heteroatoms. The van der Waals surface area contributed by atoms with Gasteiger partial charge in [0.15, 0.2) is 0 Å². The molecule has 0 spiro atoms. The molecule has 1 aromatic heterocycles. The van der Waals surface area contributed by atoms with Gasteiger partial charge in [0.25, 0.3) is 0 Å². The predicted octanol–water partition coefficient (Wildman–Crippen LogP) is 2.19. The van der Waals surface area contributed by atoms with Crippen molar-refractivity contribution in [1.82, 2.24) is 14.4 Å². The van der Waals surface area contributed by atoms with Gasteiger partial charge in [-0.25, -0.2) is 0 Å². The number of aromatic nitrogens is 1. The number of piperazine rings is 1. The molecule has 0 atom stereocenters. The van der Waals surface area contributed by atoms with Crippen molar-refractivity contribution in [3.63, 3.8) is 0 Å². The summed E-state index contributed by atoms with van der Waals surface area (Å²) in [7, 11) is 2.20. The molecule has 1 saturated heterocycles. The molecule has 3 rings (SSSR count). The van der Waals surface area contributed by atoms with Crippen molar-refractivity contribution in [2.45, 2.75) is 11.4 Å².